The minimum atomic E-state index is -0.197. The van der Waals surface area contributed by atoms with Crippen molar-refractivity contribution in [3.8, 4) is 5.75 Å². The Labute approximate surface area is 238 Å². The number of halogens is 1. The van der Waals surface area contributed by atoms with Crippen molar-refractivity contribution in [1.29, 1.82) is 0 Å². The molecule has 0 aliphatic heterocycles. The van der Waals surface area contributed by atoms with Crippen molar-refractivity contribution in [2.24, 2.45) is 5.92 Å². The van der Waals surface area contributed by atoms with Gasteiger partial charge in [0.1, 0.15) is 5.75 Å². The molecule has 0 aliphatic carbocycles. The van der Waals surface area contributed by atoms with Crippen LogP contribution in [0.4, 0.5) is 0 Å². The molecule has 0 unspecified atom stereocenters. The molecule has 2 amide bonds. The van der Waals surface area contributed by atoms with Gasteiger partial charge >= 0.3 is 0 Å². The minimum Gasteiger partial charge on any atom is -0.484 e. The van der Waals surface area contributed by atoms with Crippen molar-refractivity contribution in [1.82, 2.24) is 14.4 Å². The second-order valence-electron chi connectivity index (χ2n) is 10.5. The quantitative estimate of drug-likeness (QED) is 0.214. The van der Waals surface area contributed by atoms with Gasteiger partial charge in [-0.3, -0.25) is 9.59 Å². The largest absolute Gasteiger partial charge is 0.484 e. The van der Waals surface area contributed by atoms with E-state index >= 15 is 0 Å². The van der Waals surface area contributed by atoms with E-state index in [2.05, 4.69) is 68.8 Å². The van der Waals surface area contributed by atoms with Crippen LogP contribution in [0.1, 0.15) is 56.9 Å². The molecule has 2 aromatic carbocycles. The summed E-state index contributed by atoms with van der Waals surface area (Å²) in [6, 6.07) is 19.5. The van der Waals surface area contributed by atoms with Gasteiger partial charge in [0.25, 0.3) is 5.91 Å². The maximum absolute atomic E-state index is 13.6. The van der Waals surface area contributed by atoms with E-state index in [1.807, 2.05) is 11.0 Å². The smallest absolute Gasteiger partial charge is 0.260 e. The van der Waals surface area contributed by atoms with Crippen LogP contribution in [0.3, 0.4) is 0 Å². The molecule has 0 saturated heterocycles. The zero-order valence-electron chi connectivity index (χ0n) is 23.7. The molecule has 1 aromatic heterocycles. The summed E-state index contributed by atoms with van der Waals surface area (Å²) >= 11 is 5.95. The molecular weight excluding hydrogens is 510 g/mol. The molecule has 6 nitrogen and oxygen atoms in total. The fraction of sp³-hybridized carbons (Fsp3) is 0.438. The molecule has 210 valence electrons. The lowest BCUT2D eigenvalue weighted by Crippen LogP contribution is -2.45. The van der Waals surface area contributed by atoms with Crippen molar-refractivity contribution >= 4 is 23.4 Å². The topological polar surface area (TPSA) is 54.8 Å². The number of nitrogens with zero attached hydrogens (tertiary/aromatic N) is 3. The van der Waals surface area contributed by atoms with Crippen molar-refractivity contribution in [2.45, 2.75) is 60.0 Å². The number of carbonyl (C=O) groups excluding carboxylic acids is 2. The maximum Gasteiger partial charge on any atom is 0.260 e. The van der Waals surface area contributed by atoms with Gasteiger partial charge in [-0.25, -0.2) is 0 Å². The van der Waals surface area contributed by atoms with E-state index in [0.29, 0.717) is 36.3 Å². The first-order valence-electron chi connectivity index (χ1n) is 13.9. The Morgan fingerprint density at radius 3 is 2.44 bits per heavy atom. The van der Waals surface area contributed by atoms with Crippen LogP contribution < -0.4 is 4.74 Å². The van der Waals surface area contributed by atoms with Gasteiger partial charge < -0.3 is 19.1 Å². The Morgan fingerprint density at radius 2 is 1.74 bits per heavy atom. The first kappa shape index (κ1) is 30.3. The molecule has 0 bridgehead atoms. The SMILES string of the molecule is CCCCN(Cc1cccn1Cc1cccc(C)c1)C(=O)CN(CCC(C)C)C(=O)COc1ccc(Cl)cc1. The number of carbonyl (C=O) groups is 2. The van der Waals surface area contributed by atoms with E-state index in [0.717, 1.165) is 31.5 Å². The fourth-order valence-electron chi connectivity index (χ4n) is 4.33. The van der Waals surface area contributed by atoms with Gasteiger partial charge in [-0.1, -0.05) is 68.6 Å². The third-order valence-corrected chi connectivity index (χ3v) is 6.93. The number of hydrogen-bond donors (Lipinski definition) is 0. The van der Waals surface area contributed by atoms with Gasteiger partial charge in [-0.05, 0) is 67.6 Å². The van der Waals surface area contributed by atoms with Crippen LogP contribution in [-0.4, -0.2) is 52.4 Å². The maximum atomic E-state index is 13.6. The fourth-order valence-corrected chi connectivity index (χ4v) is 4.45. The lowest BCUT2D eigenvalue weighted by Gasteiger charge is -2.28. The van der Waals surface area contributed by atoms with Crippen LogP contribution in [0.2, 0.25) is 5.02 Å². The summed E-state index contributed by atoms with van der Waals surface area (Å²) in [4.78, 5) is 30.3. The highest BCUT2D eigenvalue weighted by molar-refractivity contribution is 6.30. The highest BCUT2D eigenvalue weighted by Crippen LogP contribution is 2.16. The van der Waals surface area contributed by atoms with E-state index in [-0.39, 0.29) is 25.0 Å². The number of hydrogen-bond acceptors (Lipinski definition) is 3. The molecule has 0 saturated carbocycles. The Hall–Kier alpha value is -3.25. The van der Waals surface area contributed by atoms with Crippen LogP contribution in [0.5, 0.6) is 5.75 Å². The summed E-state index contributed by atoms with van der Waals surface area (Å²) in [6.45, 7) is 10.8. The first-order valence-corrected chi connectivity index (χ1v) is 14.3. The average Bonchev–Trinajstić information content (AvgIpc) is 3.34. The predicted octanol–water partition coefficient (Wildman–Crippen LogP) is 6.58. The van der Waals surface area contributed by atoms with E-state index in [9.17, 15) is 9.59 Å². The van der Waals surface area contributed by atoms with Gasteiger partial charge in [0, 0.05) is 36.5 Å². The molecule has 0 atom stereocenters. The molecule has 0 radical (unpaired) electrons. The van der Waals surface area contributed by atoms with Crippen molar-refractivity contribution < 1.29 is 14.3 Å². The summed E-state index contributed by atoms with van der Waals surface area (Å²) in [5.74, 6) is 0.739. The molecule has 1 heterocycles. The number of rotatable bonds is 15. The van der Waals surface area contributed by atoms with Gasteiger partial charge in [0.15, 0.2) is 6.61 Å². The third-order valence-electron chi connectivity index (χ3n) is 6.68. The zero-order valence-corrected chi connectivity index (χ0v) is 24.5. The zero-order chi connectivity index (χ0) is 28.2. The molecule has 0 aliphatic rings. The number of benzene rings is 2. The average molecular weight is 552 g/mol. The Kier molecular flexibility index (Phi) is 11.9. The van der Waals surface area contributed by atoms with Crippen molar-refractivity contribution in [3.63, 3.8) is 0 Å². The van der Waals surface area contributed by atoms with Gasteiger partial charge in [0.05, 0.1) is 13.1 Å². The van der Waals surface area contributed by atoms with Crippen LogP contribution in [0, 0.1) is 12.8 Å². The summed E-state index contributed by atoms with van der Waals surface area (Å²) < 4.78 is 7.90. The highest BCUT2D eigenvalue weighted by Gasteiger charge is 2.23. The molecule has 7 heteroatoms. The van der Waals surface area contributed by atoms with E-state index < -0.39 is 0 Å². The van der Waals surface area contributed by atoms with E-state index in [1.54, 1.807) is 29.2 Å². The first-order chi connectivity index (χ1) is 18.7. The standard InChI is InChI=1S/C32H42ClN3O3/c1-5-6-17-35(22-29-11-8-18-34(29)21-27-10-7-9-26(4)20-27)31(37)23-36(19-16-25(2)3)32(38)24-39-30-14-12-28(33)13-15-30/h7-15,18,20,25H,5-6,16-17,19,21-24H2,1-4H3. The minimum absolute atomic E-state index is 0.0395. The Bertz CT molecular complexity index is 1190. The molecule has 0 spiro atoms. The molecule has 3 rings (SSSR count). The third kappa shape index (κ3) is 10.1. The summed E-state index contributed by atoms with van der Waals surface area (Å²) in [7, 11) is 0. The normalized spacial score (nSPS) is 11.0. The molecule has 3 aromatic rings. The van der Waals surface area contributed by atoms with Gasteiger partial charge in [-0.2, -0.15) is 0 Å². The number of aromatic nitrogens is 1. The molecule has 0 fully saturated rings. The van der Waals surface area contributed by atoms with Gasteiger partial charge in [-0.15, -0.1) is 0 Å². The Morgan fingerprint density at radius 1 is 0.974 bits per heavy atom. The molecule has 39 heavy (non-hydrogen) atoms. The summed E-state index contributed by atoms with van der Waals surface area (Å²) in [5, 5.41) is 0.607. The van der Waals surface area contributed by atoms with E-state index in [4.69, 9.17) is 16.3 Å². The van der Waals surface area contributed by atoms with Crippen molar-refractivity contribution in [2.75, 3.05) is 26.2 Å². The summed E-state index contributed by atoms with van der Waals surface area (Å²) in [5.41, 5.74) is 3.53. The van der Waals surface area contributed by atoms with Crippen LogP contribution in [0.25, 0.3) is 0 Å². The summed E-state index contributed by atoms with van der Waals surface area (Å²) in [6.07, 6.45) is 4.77. The van der Waals surface area contributed by atoms with Crippen molar-refractivity contribution in [3.05, 3.63) is 88.7 Å². The lowest BCUT2D eigenvalue weighted by atomic mass is 10.1. The number of amides is 2. The predicted molar refractivity (Wildman–Crippen MR) is 158 cm³/mol. The number of ether oxygens (including phenoxy) is 1. The van der Waals surface area contributed by atoms with Gasteiger partial charge in [0.2, 0.25) is 5.91 Å². The monoisotopic (exact) mass is 551 g/mol. The second kappa shape index (κ2) is 15.4. The van der Waals surface area contributed by atoms with Crippen LogP contribution in [-0.2, 0) is 22.7 Å². The number of aryl methyl sites for hydroxylation is 1. The van der Waals surface area contributed by atoms with Crippen LogP contribution >= 0.6 is 11.6 Å². The molecule has 0 N–H and O–H groups in total. The second-order valence-corrected chi connectivity index (χ2v) is 11.0. The van der Waals surface area contributed by atoms with E-state index in [1.165, 1.54) is 11.1 Å². The molecular formula is C32H42ClN3O3. The lowest BCUT2D eigenvalue weighted by molar-refractivity contribution is -0.142. The number of unbranched alkanes of at least 4 members (excludes halogenated alkanes) is 1. The Balaban J connectivity index is 1.70. The highest BCUT2D eigenvalue weighted by atomic mass is 35.5. The van der Waals surface area contributed by atoms with Crippen LogP contribution in [0.15, 0.2) is 66.9 Å².